The van der Waals surface area contributed by atoms with E-state index in [0.717, 1.165) is 24.0 Å². The van der Waals surface area contributed by atoms with Gasteiger partial charge < -0.3 is 10.2 Å². The average Bonchev–Trinajstić information content (AvgIpc) is 2.92. The minimum Gasteiger partial charge on any atom is -0.354 e. The van der Waals surface area contributed by atoms with Gasteiger partial charge in [-0.25, -0.2) is 8.42 Å². The third-order valence-corrected chi connectivity index (χ3v) is 7.90. The number of sulfonamides is 1. The number of nitrogens with one attached hydrogen (secondary N) is 1. The molecule has 0 saturated carbocycles. The van der Waals surface area contributed by atoms with E-state index in [4.69, 9.17) is 11.6 Å². The Morgan fingerprint density at radius 1 is 0.952 bits per heavy atom. The Hall–Kier alpha value is -3.57. The largest absolute Gasteiger partial charge is 0.416 e. The predicted molar refractivity (Wildman–Crippen MR) is 157 cm³/mol. The summed E-state index contributed by atoms with van der Waals surface area (Å²) in [6, 6.07) is 18.3. The van der Waals surface area contributed by atoms with Gasteiger partial charge in [-0.15, -0.1) is 0 Å². The van der Waals surface area contributed by atoms with Gasteiger partial charge in [-0.2, -0.15) is 13.2 Å². The van der Waals surface area contributed by atoms with Gasteiger partial charge in [0.15, 0.2) is 0 Å². The second kappa shape index (κ2) is 14.1. The van der Waals surface area contributed by atoms with Crippen molar-refractivity contribution in [3.63, 3.8) is 0 Å². The number of carbonyl (C=O) groups is 2. The van der Waals surface area contributed by atoms with Crippen LogP contribution >= 0.6 is 11.6 Å². The van der Waals surface area contributed by atoms with Gasteiger partial charge in [0.2, 0.25) is 21.8 Å². The van der Waals surface area contributed by atoms with Crippen LogP contribution in [0.4, 0.5) is 18.9 Å². The fraction of sp³-hybridized carbons (Fsp3) is 0.333. The van der Waals surface area contributed by atoms with Gasteiger partial charge in [0, 0.05) is 24.5 Å². The van der Waals surface area contributed by atoms with Crippen molar-refractivity contribution in [2.75, 3.05) is 23.7 Å². The van der Waals surface area contributed by atoms with Crippen LogP contribution in [0.3, 0.4) is 0 Å². The van der Waals surface area contributed by atoms with Crippen molar-refractivity contribution in [2.24, 2.45) is 5.92 Å². The number of carbonyl (C=O) groups excluding carboxylic acids is 2. The predicted octanol–water partition coefficient (Wildman–Crippen LogP) is 5.54. The van der Waals surface area contributed by atoms with Crippen LogP contribution in [0.5, 0.6) is 0 Å². The molecule has 3 rings (SSSR count). The summed E-state index contributed by atoms with van der Waals surface area (Å²) >= 11 is 6.40. The van der Waals surface area contributed by atoms with E-state index < -0.39 is 46.2 Å². The molecule has 42 heavy (non-hydrogen) atoms. The summed E-state index contributed by atoms with van der Waals surface area (Å²) in [7, 11) is -4.22. The van der Waals surface area contributed by atoms with E-state index in [9.17, 15) is 31.2 Å². The van der Waals surface area contributed by atoms with Gasteiger partial charge in [-0.1, -0.05) is 80.0 Å². The molecule has 7 nitrogen and oxygen atoms in total. The molecular formula is C30H33ClF3N3O4S. The maximum absolute atomic E-state index is 14.0. The minimum atomic E-state index is -4.73. The van der Waals surface area contributed by atoms with Crippen LogP contribution in [-0.2, 0) is 38.8 Å². The summed E-state index contributed by atoms with van der Waals surface area (Å²) in [5.74, 6) is -1.14. The fourth-order valence-corrected chi connectivity index (χ4v) is 5.27. The standard InChI is InChI=1S/C30H33ClF3N3O4S/c1-21(2)18-35-29(39)27(16-22-10-5-4-6-11-22)36(19-23-12-7-8-15-26(23)31)28(38)20-37(42(3,40)41)25-14-9-13-24(17-25)30(32,33)34/h4-15,17,21,27H,16,18-20H2,1-3H3,(H,35,39). The van der Waals surface area contributed by atoms with Crippen LogP contribution in [0.1, 0.15) is 30.5 Å². The van der Waals surface area contributed by atoms with Crippen molar-refractivity contribution >= 4 is 39.1 Å². The highest BCUT2D eigenvalue weighted by Gasteiger charge is 2.35. The third-order valence-electron chi connectivity index (χ3n) is 6.39. The molecule has 2 amide bonds. The molecule has 1 atom stereocenters. The van der Waals surface area contributed by atoms with E-state index in [1.165, 1.54) is 11.0 Å². The number of hydrogen-bond acceptors (Lipinski definition) is 4. The van der Waals surface area contributed by atoms with E-state index >= 15 is 0 Å². The zero-order chi connectivity index (χ0) is 31.1. The molecule has 0 radical (unpaired) electrons. The maximum Gasteiger partial charge on any atom is 0.416 e. The van der Waals surface area contributed by atoms with Crippen LogP contribution in [-0.4, -0.2) is 50.5 Å². The van der Waals surface area contributed by atoms with Crippen molar-refractivity contribution in [3.05, 3.63) is 101 Å². The molecule has 226 valence electrons. The highest BCUT2D eigenvalue weighted by atomic mass is 35.5. The minimum absolute atomic E-state index is 0.101. The molecule has 0 aromatic heterocycles. The van der Waals surface area contributed by atoms with Crippen molar-refractivity contribution < 1.29 is 31.2 Å². The topological polar surface area (TPSA) is 86.8 Å². The van der Waals surface area contributed by atoms with Crippen molar-refractivity contribution in [3.8, 4) is 0 Å². The molecule has 0 fully saturated rings. The first kappa shape index (κ1) is 32.9. The van der Waals surface area contributed by atoms with Crippen LogP contribution in [0, 0.1) is 5.92 Å². The van der Waals surface area contributed by atoms with Gasteiger partial charge in [0.1, 0.15) is 12.6 Å². The van der Waals surface area contributed by atoms with Crippen molar-refractivity contribution in [2.45, 2.75) is 39.0 Å². The lowest BCUT2D eigenvalue weighted by molar-refractivity contribution is -0.140. The summed E-state index contributed by atoms with van der Waals surface area (Å²) in [5, 5.41) is 3.18. The summed E-state index contributed by atoms with van der Waals surface area (Å²) in [6.07, 6.45) is -3.83. The van der Waals surface area contributed by atoms with E-state index in [0.29, 0.717) is 27.5 Å². The van der Waals surface area contributed by atoms with Crippen LogP contribution in [0.2, 0.25) is 5.02 Å². The smallest absolute Gasteiger partial charge is 0.354 e. The summed E-state index contributed by atoms with van der Waals surface area (Å²) < 4.78 is 66.5. The molecule has 0 saturated heterocycles. The van der Waals surface area contributed by atoms with E-state index in [-0.39, 0.29) is 24.6 Å². The maximum atomic E-state index is 14.0. The summed E-state index contributed by atoms with van der Waals surface area (Å²) in [5.41, 5.74) is -0.143. The Bertz CT molecular complexity index is 1480. The molecule has 0 aliphatic carbocycles. The second-order valence-electron chi connectivity index (χ2n) is 10.3. The molecule has 12 heteroatoms. The first-order valence-corrected chi connectivity index (χ1v) is 15.4. The molecule has 1 unspecified atom stereocenters. The summed E-state index contributed by atoms with van der Waals surface area (Å²) in [6.45, 7) is 3.17. The summed E-state index contributed by atoms with van der Waals surface area (Å²) in [4.78, 5) is 28.8. The number of alkyl halides is 3. The normalized spacial score (nSPS) is 12.6. The first-order valence-electron chi connectivity index (χ1n) is 13.2. The Kier molecular flexibility index (Phi) is 11.0. The quantitative estimate of drug-likeness (QED) is 0.287. The molecular weight excluding hydrogens is 591 g/mol. The SMILES string of the molecule is CC(C)CNC(=O)C(Cc1ccccc1)N(Cc1ccccc1Cl)C(=O)CN(c1cccc(C(F)(F)F)c1)S(C)(=O)=O. The molecule has 0 bridgehead atoms. The van der Waals surface area contributed by atoms with Gasteiger partial charge in [-0.05, 0) is 41.3 Å². The fourth-order valence-electron chi connectivity index (χ4n) is 4.24. The number of rotatable bonds is 12. The van der Waals surface area contributed by atoms with Crippen LogP contribution < -0.4 is 9.62 Å². The van der Waals surface area contributed by atoms with Crippen molar-refractivity contribution in [1.82, 2.24) is 10.2 Å². The monoisotopic (exact) mass is 623 g/mol. The molecule has 0 spiro atoms. The Morgan fingerprint density at radius 3 is 2.19 bits per heavy atom. The van der Waals surface area contributed by atoms with Gasteiger partial charge in [0.25, 0.3) is 0 Å². The molecule has 0 heterocycles. The first-order chi connectivity index (χ1) is 19.7. The van der Waals surface area contributed by atoms with E-state index in [1.807, 2.05) is 19.9 Å². The Balaban J connectivity index is 2.08. The van der Waals surface area contributed by atoms with Crippen molar-refractivity contribution in [1.29, 1.82) is 0 Å². The molecule has 3 aromatic rings. The number of hydrogen-bond donors (Lipinski definition) is 1. The number of anilines is 1. The average molecular weight is 624 g/mol. The van der Waals surface area contributed by atoms with Gasteiger partial charge in [-0.3, -0.25) is 13.9 Å². The van der Waals surface area contributed by atoms with Crippen LogP contribution in [0.15, 0.2) is 78.9 Å². The van der Waals surface area contributed by atoms with Crippen LogP contribution in [0.25, 0.3) is 0 Å². The number of halogens is 4. The Morgan fingerprint density at radius 2 is 1.60 bits per heavy atom. The lowest BCUT2D eigenvalue weighted by Crippen LogP contribution is -2.53. The number of nitrogens with zero attached hydrogens (tertiary/aromatic N) is 2. The molecule has 0 aliphatic rings. The van der Waals surface area contributed by atoms with Gasteiger partial charge >= 0.3 is 6.18 Å². The highest BCUT2D eigenvalue weighted by Crippen LogP contribution is 2.32. The molecule has 1 N–H and O–H groups in total. The Labute approximate surface area is 249 Å². The molecule has 3 aromatic carbocycles. The third kappa shape index (κ3) is 9.22. The lowest BCUT2D eigenvalue weighted by atomic mass is 10.0. The number of amides is 2. The highest BCUT2D eigenvalue weighted by molar-refractivity contribution is 7.92. The van der Waals surface area contributed by atoms with Gasteiger partial charge in [0.05, 0.1) is 17.5 Å². The zero-order valence-corrected chi connectivity index (χ0v) is 25.0. The van der Waals surface area contributed by atoms with E-state index in [2.05, 4.69) is 5.32 Å². The zero-order valence-electron chi connectivity index (χ0n) is 23.4. The second-order valence-corrected chi connectivity index (χ2v) is 12.6. The lowest BCUT2D eigenvalue weighted by Gasteiger charge is -2.34. The molecule has 0 aliphatic heterocycles. The number of benzene rings is 3. The van der Waals surface area contributed by atoms with E-state index in [1.54, 1.807) is 48.5 Å².